The van der Waals surface area contributed by atoms with E-state index in [1.54, 1.807) is 0 Å². The van der Waals surface area contributed by atoms with Gasteiger partial charge in [-0.15, -0.1) is 0 Å². The Morgan fingerprint density at radius 2 is 2.28 bits per heavy atom. The first-order chi connectivity index (χ1) is 8.60. The van der Waals surface area contributed by atoms with Crippen LogP contribution in [-0.2, 0) is 4.79 Å². The third-order valence-electron chi connectivity index (χ3n) is 2.92. The molecule has 1 aromatic rings. The summed E-state index contributed by atoms with van der Waals surface area (Å²) in [5.74, 6) is 1.42. The van der Waals surface area contributed by atoms with Crippen LogP contribution in [0.3, 0.4) is 0 Å². The standard InChI is InChI=1S/C14H18BrNO2/c1-10(2)18-13-5-3-4-12(7-13)16-9-11(8-15)6-14(16)17/h3-5,7,10-11H,6,8-9H2,1-2H3. The molecule has 0 aromatic heterocycles. The molecule has 0 saturated carbocycles. The number of nitrogens with zero attached hydrogens (tertiary/aromatic N) is 1. The maximum absolute atomic E-state index is 11.9. The highest BCUT2D eigenvalue weighted by atomic mass is 79.9. The minimum Gasteiger partial charge on any atom is -0.491 e. The molecule has 1 aromatic carbocycles. The zero-order valence-electron chi connectivity index (χ0n) is 10.7. The molecular formula is C14H18BrNO2. The number of hydrogen-bond donors (Lipinski definition) is 0. The van der Waals surface area contributed by atoms with Gasteiger partial charge < -0.3 is 9.64 Å². The van der Waals surface area contributed by atoms with Crippen LogP contribution < -0.4 is 9.64 Å². The molecule has 0 spiro atoms. The topological polar surface area (TPSA) is 29.5 Å². The van der Waals surface area contributed by atoms with Crippen LogP contribution >= 0.6 is 15.9 Å². The summed E-state index contributed by atoms with van der Waals surface area (Å²) >= 11 is 3.45. The molecule has 18 heavy (non-hydrogen) atoms. The lowest BCUT2D eigenvalue weighted by atomic mass is 10.2. The molecule has 1 amide bonds. The van der Waals surface area contributed by atoms with E-state index >= 15 is 0 Å². The lowest BCUT2D eigenvalue weighted by molar-refractivity contribution is -0.117. The Balaban J connectivity index is 2.16. The van der Waals surface area contributed by atoms with Gasteiger partial charge in [0.15, 0.2) is 0 Å². The van der Waals surface area contributed by atoms with E-state index < -0.39 is 0 Å². The average Bonchev–Trinajstić information content (AvgIpc) is 2.70. The van der Waals surface area contributed by atoms with Crippen molar-refractivity contribution < 1.29 is 9.53 Å². The molecule has 3 nitrogen and oxygen atoms in total. The number of carbonyl (C=O) groups excluding carboxylic acids is 1. The van der Waals surface area contributed by atoms with Crippen molar-refractivity contribution in [3.8, 4) is 5.75 Å². The fraction of sp³-hybridized carbons (Fsp3) is 0.500. The molecule has 1 atom stereocenters. The number of ether oxygens (including phenoxy) is 1. The lowest BCUT2D eigenvalue weighted by Crippen LogP contribution is -2.24. The summed E-state index contributed by atoms with van der Waals surface area (Å²) in [5.41, 5.74) is 0.932. The molecule has 1 heterocycles. The summed E-state index contributed by atoms with van der Waals surface area (Å²) in [7, 11) is 0. The van der Waals surface area contributed by atoms with Crippen molar-refractivity contribution in [2.45, 2.75) is 26.4 Å². The quantitative estimate of drug-likeness (QED) is 0.799. The highest BCUT2D eigenvalue weighted by molar-refractivity contribution is 9.09. The van der Waals surface area contributed by atoms with Crippen LogP contribution in [0.25, 0.3) is 0 Å². The fourth-order valence-corrected chi connectivity index (χ4v) is 2.57. The van der Waals surface area contributed by atoms with Gasteiger partial charge in [-0.05, 0) is 31.9 Å². The Morgan fingerprint density at radius 3 is 2.89 bits per heavy atom. The first-order valence-corrected chi connectivity index (χ1v) is 7.35. The number of alkyl halides is 1. The lowest BCUT2D eigenvalue weighted by Gasteiger charge is -2.18. The van der Waals surface area contributed by atoms with Crippen LogP contribution in [0.4, 0.5) is 5.69 Å². The van der Waals surface area contributed by atoms with E-state index in [9.17, 15) is 4.79 Å². The summed E-state index contributed by atoms with van der Waals surface area (Å²) in [6.07, 6.45) is 0.769. The van der Waals surface area contributed by atoms with Crippen molar-refractivity contribution in [1.82, 2.24) is 0 Å². The zero-order chi connectivity index (χ0) is 13.1. The van der Waals surface area contributed by atoms with Gasteiger partial charge in [0, 0.05) is 30.0 Å². The zero-order valence-corrected chi connectivity index (χ0v) is 12.3. The molecule has 0 N–H and O–H groups in total. The molecule has 0 radical (unpaired) electrons. The van der Waals surface area contributed by atoms with Gasteiger partial charge in [-0.2, -0.15) is 0 Å². The molecule has 1 fully saturated rings. The van der Waals surface area contributed by atoms with E-state index in [1.165, 1.54) is 0 Å². The minimum absolute atomic E-state index is 0.143. The highest BCUT2D eigenvalue weighted by Gasteiger charge is 2.29. The van der Waals surface area contributed by atoms with Gasteiger partial charge in [0.05, 0.1) is 6.10 Å². The minimum atomic E-state index is 0.143. The molecule has 4 heteroatoms. The van der Waals surface area contributed by atoms with Gasteiger partial charge in [0.1, 0.15) is 5.75 Å². The number of halogens is 1. The Hall–Kier alpha value is -1.03. The molecule has 1 aliphatic rings. The number of benzene rings is 1. The Labute approximate surface area is 116 Å². The molecular weight excluding hydrogens is 294 g/mol. The van der Waals surface area contributed by atoms with E-state index in [-0.39, 0.29) is 12.0 Å². The number of carbonyl (C=O) groups is 1. The summed E-state index contributed by atoms with van der Waals surface area (Å²) < 4.78 is 5.66. The van der Waals surface area contributed by atoms with E-state index in [2.05, 4.69) is 15.9 Å². The van der Waals surface area contributed by atoms with Crippen molar-refractivity contribution in [1.29, 1.82) is 0 Å². The van der Waals surface area contributed by atoms with Crippen molar-refractivity contribution in [3.63, 3.8) is 0 Å². The second kappa shape index (κ2) is 5.74. The second-order valence-corrected chi connectivity index (χ2v) is 5.54. The third-order valence-corrected chi connectivity index (χ3v) is 3.84. The van der Waals surface area contributed by atoms with Crippen molar-refractivity contribution >= 4 is 27.5 Å². The summed E-state index contributed by atoms with van der Waals surface area (Å²) in [6, 6.07) is 7.75. The fourth-order valence-electron chi connectivity index (χ4n) is 2.13. The predicted octanol–water partition coefficient (Wildman–Crippen LogP) is 3.22. The van der Waals surface area contributed by atoms with E-state index in [0.717, 1.165) is 23.3 Å². The monoisotopic (exact) mass is 311 g/mol. The van der Waals surface area contributed by atoms with Gasteiger partial charge in [-0.25, -0.2) is 0 Å². The molecule has 0 aliphatic carbocycles. The largest absolute Gasteiger partial charge is 0.491 e. The van der Waals surface area contributed by atoms with Crippen molar-refractivity contribution in [2.24, 2.45) is 5.92 Å². The molecule has 2 rings (SSSR count). The average molecular weight is 312 g/mol. The first kappa shape index (κ1) is 13.4. The third kappa shape index (κ3) is 3.05. The van der Waals surface area contributed by atoms with E-state index in [1.807, 2.05) is 43.0 Å². The normalized spacial score (nSPS) is 19.7. The van der Waals surface area contributed by atoms with Crippen molar-refractivity contribution in [3.05, 3.63) is 24.3 Å². The van der Waals surface area contributed by atoms with Crippen LogP contribution in [-0.4, -0.2) is 23.9 Å². The Kier molecular flexibility index (Phi) is 4.27. The Morgan fingerprint density at radius 1 is 1.50 bits per heavy atom. The van der Waals surface area contributed by atoms with E-state index in [0.29, 0.717) is 12.3 Å². The molecule has 0 bridgehead atoms. The van der Waals surface area contributed by atoms with Gasteiger partial charge in [0.25, 0.3) is 0 Å². The number of anilines is 1. The maximum atomic E-state index is 11.9. The summed E-state index contributed by atoms with van der Waals surface area (Å²) in [6.45, 7) is 4.78. The highest BCUT2D eigenvalue weighted by Crippen LogP contribution is 2.28. The summed E-state index contributed by atoms with van der Waals surface area (Å²) in [4.78, 5) is 13.8. The molecule has 98 valence electrons. The summed E-state index contributed by atoms with van der Waals surface area (Å²) in [5, 5.41) is 0.872. The molecule has 1 aliphatic heterocycles. The molecule has 1 saturated heterocycles. The second-order valence-electron chi connectivity index (χ2n) is 4.89. The predicted molar refractivity (Wildman–Crippen MR) is 76.5 cm³/mol. The van der Waals surface area contributed by atoms with E-state index in [4.69, 9.17) is 4.74 Å². The number of rotatable bonds is 4. The molecule has 1 unspecified atom stereocenters. The van der Waals surface area contributed by atoms with Gasteiger partial charge in [-0.3, -0.25) is 4.79 Å². The van der Waals surface area contributed by atoms with Crippen LogP contribution in [0.5, 0.6) is 5.75 Å². The maximum Gasteiger partial charge on any atom is 0.227 e. The van der Waals surface area contributed by atoms with Crippen LogP contribution in [0.2, 0.25) is 0 Å². The number of amides is 1. The van der Waals surface area contributed by atoms with Crippen LogP contribution in [0, 0.1) is 5.92 Å². The van der Waals surface area contributed by atoms with Gasteiger partial charge in [-0.1, -0.05) is 22.0 Å². The first-order valence-electron chi connectivity index (χ1n) is 6.23. The van der Waals surface area contributed by atoms with Crippen molar-refractivity contribution in [2.75, 3.05) is 16.8 Å². The van der Waals surface area contributed by atoms with Crippen LogP contribution in [0.15, 0.2) is 24.3 Å². The Bertz CT molecular complexity index is 434. The smallest absolute Gasteiger partial charge is 0.227 e. The van der Waals surface area contributed by atoms with Gasteiger partial charge >= 0.3 is 0 Å². The number of hydrogen-bond acceptors (Lipinski definition) is 2. The van der Waals surface area contributed by atoms with Gasteiger partial charge in [0.2, 0.25) is 5.91 Å². The SMILES string of the molecule is CC(C)Oc1cccc(N2CC(CBr)CC2=O)c1. The van der Waals surface area contributed by atoms with Crippen LogP contribution in [0.1, 0.15) is 20.3 Å².